The topological polar surface area (TPSA) is 51.2 Å². The van der Waals surface area contributed by atoms with Gasteiger partial charge in [-0.3, -0.25) is 0 Å². The van der Waals surface area contributed by atoms with E-state index in [0.717, 1.165) is 11.2 Å². The molecule has 1 aromatic carbocycles. The largest absolute Gasteiger partial charge is 0.494 e. The van der Waals surface area contributed by atoms with Crippen LogP contribution >= 0.6 is 0 Å². The molecule has 0 aliphatic carbocycles. The highest BCUT2D eigenvalue weighted by atomic mass is 16.7. The monoisotopic (exact) mass is 321 g/mol. The summed E-state index contributed by atoms with van der Waals surface area (Å²) in [6.07, 6.45) is -0.507. The van der Waals surface area contributed by atoms with Crippen molar-refractivity contribution >= 4 is 12.6 Å². The van der Waals surface area contributed by atoms with Crippen molar-refractivity contribution in [3.8, 4) is 5.75 Å². The van der Waals surface area contributed by atoms with Crippen LogP contribution in [0.5, 0.6) is 5.75 Å². The Morgan fingerprint density at radius 2 is 1.61 bits per heavy atom. The minimum Gasteiger partial charge on any atom is -0.491 e. The Morgan fingerprint density at radius 1 is 1.09 bits per heavy atom. The van der Waals surface area contributed by atoms with E-state index in [0.29, 0.717) is 6.54 Å². The van der Waals surface area contributed by atoms with Crippen LogP contribution in [0.3, 0.4) is 0 Å². The summed E-state index contributed by atoms with van der Waals surface area (Å²) in [6.45, 7) is 9.00. The zero-order valence-electron chi connectivity index (χ0n) is 15.0. The molecule has 0 aromatic heterocycles. The first-order valence-corrected chi connectivity index (χ1v) is 8.02. The van der Waals surface area contributed by atoms with Gasteiger partial charge in [0.25, 0.3) is 0 Å². The molecular weight excluding hydrogens is 293 g/mol. The van der Waals surface area contributed by atoms with Crippen molar-refractivity contribution in [3.63, 3.8) is 0 Å². The molecule has 1 saturated heterocycles. The second-order valence-electron chi connectivity index (χ2n) is 7.38. The van der Waals surface area contributed by atoms with Gasteiger partial charge in [-0.1, -0.05) is 12.1 Å². The zero-order valence-corrected chi connectivity index (χ0v) is 15.0. The number of likely N-dealkylation sites (N-methyl/N-ethyl adjacent to an activating group) is 1. The van der Waals surface area contributed by atoms with E-state index in [1.807, 2.05) is 71.0 Å². The first-order chi connectivity index (χ1) is 10.6. The average Bonchev–Trinajstić information content (AvgIpc) is 2.65. The minimum absolute atomic E-state index is 0.272. The molecule has 1 atom stereocenters. The molecule has 23 heavy (non-hydrogen) atoms. The summed E-state index contributed by atoms with van der Waals surface area (Å²) in [5.41, 5.74) is 0.275. The number of aliphatic hydroxyl groups excluding tert-OH is 1. The number of hydrogen-bond acceptors (Lipinski definition) is 5. The summed E-state index contributed by atoms with van der Waals surface area (Å²) in [5.74, 6) is 0.725. The van der Waals surface area contributed by atoms with Crippen LogP contribution in [-0.2, 0) is 9.31 Å². The molecule has 1 unspecified atom stereocenters. The maximum absolute atomic E-state index is 9.82. The fourth-order valence-corrected chi connectivity index (χ4v) is 2.37. The van der Waals surface area contributed by atoms with Gasteiger partial charge in [0.1, 0.15) is 18.5 Å². The first-order valence-electron chi connectivity index (χ1n) is 8.02. The molecule has 0 amide bonds. The van der Waals surface area contributed by atoms with Gasteiger partial charge in [-0.05, 0) is 59.4 Å². The molecule has 128 valence electrons. The van der Waals surface area contributed by atoms with Crippen LogP contribution in [0.15, 0.2) is 24.3 Å². The van der Waals surface area contributed by atoms with E-state index in [2.05, 4.69) is 0 Å². The van der Waals surface area contributed by atoms with Gasteiger partial charge < -0.3 is 24.1 Å². The van der Waals surface area contributed by atoms with Gasteiger partial charge in [0.15, 0.2) is 0 Å². The van der Waals surface area contributed by atoms with Crippen molar-refractivity contribution in [2.45, 2.75) is 45.0 Å². The van der Waals surface area contributed by atoms with Gasteiger partial charge in [0.2, 0.25) is 0 Å². The van der Waals surface area contributed by atoms with Crippen LogP contribution in [0.2, 0.25) is 0 Å². The number of ether oxygens (including phenoxy) is 1. The predicted molar refractivity (Wildman–Crippen MR) is 92.2 cm³/mol. The molecule has 1 aliphatic heterocycles. The molecular formula is C17H28BNO4. The van der Waals surface area contributed by atoms with Crippen LogP contribution in [0.25, 0.3) is 0 Å². The van der Waals surface area contributed by atoms with Crippen LogP contribution in [0.4, 0.5) is 0 Å². The Bertz CT molecular complexity index is 500. The van der Waals surface area contributed by atoms with E-state index in [9.17, 15) is 5.11 Å². The summed E-state index contributed by atoms with van der Waals surface area (Å²) >= 11 is 0. The van der Waals surface area contributed by atoms with Crippen LogP contribution < -0.4 is 10.2 Å². The van der Waals surface area contributed by atoms with E-state index < -0.39 is 6.10 Å². The molecule has 1 aliphatic rings. The lowest BCUT2D eigenvalue weighted by Gasteiger charge is -2.32. The molecule has 2 rings (SSSR count). The summed E-state index contributed by atoms with van der Waals surface area (Å²) in [5, 5.41) is 9.82. The lowest BCUT2D eigenvalue weighted by Crippen LogP contribution is -2.41. The summed E-state index contributed by atoms with van der Waals surface area (Å²) in [7, 11) is 3.47. The molecule has 0 radical (unpaired) electrons. The SMILES string of the molecule is CN(C)CC(O)COc1ccc(B2OC(C)(C)C(C)(C)O2)cc1. The van der Waals surface area contributed by atoms with E-state index in [-0.39, 0.29) is 24.9 Å². The highest BCUT2D eigenvalue weighted by molar-refractivity contribution is 6.62. The van der Waals surface area contributed by atoms with Gasteiger partial charge in [0.05, 0.1) is 11.2 Å². The summed E-state index contributed by atoms with van der Waals surface area (Å²) in [4.78, 5) is 1.93. The summed E-state index contributed by atoms with van der Waals surface area (Å²) < 4.78 is 17.7. The predicted octanol–water partition coefficient (Wildman–Crippen LogP) is 1.29. The van der Waals surface area contributed by atoms with Gasteiger partial charge >= 0.3 is 7.12 Å². The van der Waals surface area contributed by atoms with Gasteiger partial charge in [-0.25, -0.2) is 0 Å². The molecule has 0 bridgehead atoms. The van der Waals surface area contributed by atoms with Crippen LogP contribution in [-0.4, -0.2) is 61.7 Å². The smallest absolute Gasteiger partial charge is 0.491 e. The molecule has 1 fully saturated rings. The highest BCUT2D eigenvalue weighted by Gasteiger charge is 2.51. The quantitative estimate of drug-likeness (QED) is 0.800. The van der Waals surface area contributed by atoms with Crippen LogP contribution in [0.1, 0.15) is 27.7 Å². The number of aliphatic hydroxyl groups is 1. The number of hydrogen-bond donors (Lipinski definition) is 1. The van der Waals surface area contributed by atoms with Crippen molar-refractivity contribution < 1.29 is 19.2 Å². The Kier molecular flexibility index (Phi) is 5.41. The molecule has 0 spiro atoms. The molecule has 6 heteroatoms. The standard InChI is InChI=1S/C17H28BNO4/c1-16(2)17(3,4)23-18(22-16)13-7-9-15(10-8-13)21-12-14(20)11-19(5)6/h7-10,14,20H,11-12H2,1-6H3. The maximum atomic E-state index is 9.82. The van der Waals surface area contributed by atoms with Crippen molar-refractivity contribution in [3.05, 3.63) is 24.3 Å². The fourth-order valence-electron chi connectivity index (χ4n) is 2.37. The van der Waals surface area contributed by atoms with Crippen molar-refractivity contribution in [1.29, 1.82) is 0 Å². The minimum atomic E-state index is -0.507. The van der Waals surface area contributed by atoms with Gasteiger partial charge in [-0.15, -0.1) is 0 Å². The first kappa shape index (κ1) is 18.3. The second kappa shape index (κ2) is 6.81. The molecule has 1 aromatic rings. The molecule has 1 N–H and O–H groups in total. The van der Waals surface area contributed by atoms with Crippen LogP contribution in [0, 0.1) is 0 Å². The fraction of sp³-hybridized carbons (Fsp3) is 0.647. The Morgan fingerprint density at radius 3 is 2.09 bits per heavy atom. The number of nitrogens with zero attached hydrogens (tertiary/aromatic N) is 1. The highest BCUT2D eigenvalue weighted by Crippen LogP contribution is 2.36. The third-order valence-electron chi connectivity index (χ3n) is 4.42. The average molecular weight is 321 g/mol. The summed E-state index contributed by atoms with van der Waals surface area (Å²) in [6, 6.07) is 7.64. The van der Waals surface area contributed by atoms with E-state index >= 15 is 0 Å². The lowest BCUT2D eigenvalue weighted by atomic mass is 9.79. The Hall–Kier alpha value is -1.08. The normalized spacial score (nSPS) is 20.8. The van der Waals surface area contributed by atoms with E-state index in [1.165, 1.54) is 0 Å². The zero-order chi connectivity index (χ0) is 17.3. The lowest BCUT2D eigenvalue weighted by molar-refractivity contribution is 0.00578. The third kappa shape index (κ3) is 4.47. The molecule has 5 nitrogen and oxygen atoms in total. The number of benzene rings is 1. The van der Waals surface area contributed by atoms with Gasteiger partial charge in [-0.2, -0.15) is 0 Å². The van der Waals surface area contributed by atoms with Crippen molar-refractivity contribution in [2.75, 3.05) is 27.2 Å². The van der Waals surface area contributed by atoms with Gasteiger partial charge in [0, 0.05) is 6.54 Å². The van der Waals surface area contributed by atoms with Crippen molar-refractivity contribution in [2.24, 2.45) is 0 Å². The van der Waals surface area contributed by atoms with E-state index in [1.54, 1.807) is 0 Å². The number of rotatable bonds is 6. The third-order valence-corrected chi connectivity index (χ3v) is 4.42. The Balaban J connectivity index is 1.93. The molecule has 1 heterocycles. The van der Waals surface area contributed by atoms with E-state index in [4.69, 9.17) is 14.0 Å². The maximum Gasteiger partial charge on any atom is 0.494 e. The Labute approximate surface area is 139 Å². The second-order valence-corrected chi connectivity index (χ2v) is 7.38. The molecule has 0 saturated carbocycles. The van der Waals surface area contributed by atoms with Crippen molar-refractivity contribution in [1.82, 2.24) is 4.90 Å².